The summed E-state index contributed by atoms with van der Waals surface area (Å²) in [5.41, 5.74) is 0.617. The average Bonchev–Trinajstić information content (AvgIpc) is 2.70. The van der Waals surface area contributed by atoms with Crippen molar-refractivity contribution in [3.8, 4) is 6.07 Å². The van der Waals surface area contributed by atoms with Gasteiger partial charge < -0.3 is 9.80 Å². The molecule has 0 spiro atoms. The van der Waals surface area contributed by atoms with E-state index in [1.807, 2.05) is 6.07 Å². The number of hydrogen-bond acceptors (Lipinski definition) is 5. The second-order valence-electron chi connectivity index (χ2n) is 7.22. The number of amides is 1. The maximum absolute atomic E-state index is 12.8. The Morgan fingerprint density at radius 1 is 1.27 bits per heavy atom. The van der Waals surface area contributed by atoms with E-state index >= 15 is 0 Å². The fourth-order valence-corrected chi connectivity index (χ4v) is 4.17. The van der Waals surface area contributed by atoms with Crippen molar-refractivity contribution in [1.29, 1.82) is 5.26 Å². The Labute approximate surface area is 156 Å². The molecule has 0 atom stereocenters. The molecule has 2 heterocycles. The predicted molar refractivity (Wildman–Crippen MR) is 102 cm³/mol. The van der Waals surface area contributed by atoms with Crippen LogP contribution in [-0.4, -0.2) is 66.0 Å². The molecule has 0 unspecified atom stereocenters. The summed E-state index contributed by atoms with van der Waals surface area (Å²) in [6.07, 6.45) is 7.85. The number of hydrogen-bond donors (Lipinski definition) is 0. The van der Waals surface area contributed by atoms with Crippen LogP contribution < -0.4 is 4.90 Å². The molecule has 0 bridgehead atoms. The van der Waals surface area contributed by atoms with Gasteiger partial charge in [-0.1, -0.05) is 19.3 Å². The van der Waals surface area contributed by atoms with Gasteiger partial charge in [0.05, 0.1) is 12.1 Å². The molecule has 1 aliphatic heterocycles. The van der Waals surface area contributed by atoms with E-state index in [0.29, 0.717) is 18.2 Å². The molecule has 6 heteroatoms. The lowest BCUT2D eigenvalue weighted by atomic mass is 9.94. The third kappa shape index (κ3) is 4.34. The van der Waals surface area contributed by atoms with Crippen LogP contribution in [0.4, 0.5) is 5.82 Å². The smallest absolute Gasteiger partial charge is 0.236 e. The van der Waals surface area contributed by atoms with Crippen LogP contribution in [0.1, 0.15) is 44.6 Å². The molecule has 2 fully saturated rings. The predicted octanol–water partition coefficient (Wildman–Crippen LogP) is 2.26. The maximum atomic E-state index is 12.8. The summed E-state index contributed by atoms with van der Waals surface area (Å²) in [6.45, 7) is 6.66. The molecule has 3 rings (SSSR count). The highest BCUT2D eigenvalue weighted by molar-refractivity contribution is 5.78. The zero-order valence-corrected chi connectivity index (χ0v) is 15.7. The molecular formula is C20H29N5O. The Balaban J connectivity index is 1.53. The summed E-state index contributed by atoms with van der Waals surface area (Å²) in [5.74, 6) is 1.03. The molecular weight excluding hydrogens is 326 g/mol. The van der Waals surface area contributed by atoms with Gasteiger partial charge in [-0.05, 0) is 31.9 Å². The fraction of sp³-hybridized carbons (Fsp3) is 0.650. The van der Waals surface area contributed by atoms with E-state index in [1.165, 1.54) is 19.3 Å². The summed E-state index contributed by atoms with van der Waals surface area (Å²) >= 11 is 0. The largest absolute Gasteiger partial charge is 0.353 e. The first kappa shape index (κ1) is 18.7. The van der Waals surface area contributed by atoms with Gasteiger partial charge in [-0.2, -0.15) is 5.26 Å². The highest BCUT2D eigenvalue weighted by atomic mass is 16.2. The standard InChI is InChI=1S/C20H29N5O/c1-2-25(18-8-4-3-5-9-18)19(26)16-23-11-13-24(14-12-23)20-17(15-21)7-6-10-22-20/h6-7,10,18H,2-5,8-9,11-14,16H2,1H3. The summed E-state index contributed by atoms with van der Waals surface area (Å²) in [6, 6.07) is 6.26. The van der Waals surface area contributed by atoms with Crippen molar-refractivity contribution >= 4 is 11.7 Å². The number of nitrogens with zero attached hydrogens (tertiary/aromatic N) is 5. The minimum atomic E-state index is 0.267. The number of anilines is 1. The van der Waals surface area contributed by atoms with Crippen molar-refractivity contribution in [2.75, 3.05) is 44.2 Å². The van der Waals surface area contributed by atoms with Crippen LogP contribution in [0.15, 0.2) is 18.3 Å². The van der Waals surface area contributed by atoms with Gasteiger partial charge in [0.25, 0.3) is 0 Å². The SMILES string of the molecule is CCN(C(=O)CN1CCN(c2ncccc2C#N)CC1)C1CCCCC1. The monoisotopic (exact) mass is 355 g/mol. The second-order valence-corrected chi connectivity index (χ2v) is 7.22. The molecule has 1 saturated carbocycles. The summed E-state index contributed by atoms with van der Waals surface area (Å²) in [4.78, 5) is 23.7. The molecule has 1 saturated heterocycles. The van der Waals surface area contributed by atoms with E-state index < -0.39 is 0 Å². The molecule has 0 N–H and O–H groups in total. The summed E-state index contributed by atoms with van der Waals surface area (Å²) in [7, 11) is 0. The van der Waals surface area contributed by atoms with Crippen LogP contribution >= 0.6 is 0 Å². The lowest BCUT2D eigenvalue weighted by Crippen LogP contribution is -2.52. The first-order valence-corrected chi connectivity index (χ1v) is 9.84. The van der Waals surface area contributed by atoms with Crippen molar-refractivity contribution in [2.45, 2.75) is 45.1 Å². The average molecular weight is 355 g/mol. The molecule has 1 aliphatic carbocycles. The summed E-state index contributed by atoms with van der Waals surface area (Å²) in [5, 5.41) is 9.25. The number of nitriles is 1. The number of pyridine rings is 1. The van der Waals surface area contributed by atoms with Crippen LogP contribution in [0.2, 0.25) is 0 Å². The minimum Gasteiger partial charge on any atom is -0.353 e. The van der Waals surface area contributed by atoms with Gasteiger partial charge in [-0.25, -0.2) is 4.98 Å². The van der Waals surface area contributed by atoms with Crippen molar-refractivity contribution in [2.24, 2.45) is 0 Å². The van der Waals surface area contributed by atoms with Crippen molar-refractivity contribution in [3.63, 3.8) is 0 Å². The van der Waals surface area contributed by atoms with Gasteiger partial charge in [0.15, 0.2) is 0 Å². The molecule has 26 heavy (non-hydrogen) atoms. The Hall–Kier alpha value is -2.13. The minimum absolute atomic E-state index is 0.267. The number of aromatic nitrogens is 1. The van der Waals surface area contributed by atoms with E-state index in [9.17, 15) is 10.1 Å². The van der Waals surface area contributed by atoms with Gasteiger partial charge in [0.1, 0.15) is 11.9 Å². The molecule has 1 amide bonds. The molecule has 0 aromatic carbocycles. The number of rotatable bonds is 5. The van der Waals surface area contributed by atoms with Crippen LogP contribution in [-0.2, 0) is 4.79 Å². The third-order valence-corrected chi connectivity index (χ3v) is 5.61. The molecule has 0 radical (unpaired) electrons. The van der Waals surface area contributed by atoms with Gasteiger partial charge in [-0.3, -0.25) is 9.69 Å². The van der Waals surface area contributed by atoms with Crippen molar-refractivity contribution in [1.82, 2.24) is 14.8 Å². The van der Waals surface area contributed by atoms with Crippen molar-refractivity contribution < 1.29 is 4.79 Å². The number of likely N-dealkylation sites (N-methyl/N-ethyl adjacent to an activating group) is 1. The molecule has 1 aromatic rings. The first-order valence-electron chi connectivity index (χ1n) is 9.84. The molecule has 1 aromatic heterocycles. The Morgan fingerprint density at radius 2 is 2.00 bits per heavy atom. The van der Waals surface area contributed by atoms with Crippen LogP contribution in [0.25, 0.3) is 0 Å². The number of piperazine rings is 1. The number of carbonyl (C=O) groups excluding carboxylic acids is 1. The van der Waals surface area contributed by atoms with Gasteiger partial charge in [0, 0.05) is 45.0 Å². The maximum Gasteiger partial charge on any atom is 0.236 e. The Morgan fingerprint density at radius 3 is 2.65 bits per heavy atom. The highest BCUT2D eigenvalue weighted by Gasteiger charge is 2.27. The normalized spacial score (nSPS) is 19.2. The Bertz CT molecular complexity index is 642. The quantitative estimate of drug-likeness (QED) is 0.811. The van der Waals surface area contributed by atoms with E-state index in [2.05, 4.69) is 32.7 Å². The van der Waals surface area contributed by atoms with E-state index in [4.69, 9.17) is 0 Å². The molecule has 6 nitrogen and oxygen atoms in total. The first-order chi connectivity index (χ1) is 12.7. The zero-order chi connectivity index (χ0) is 18.4. The molecule has 2 aliphatic rings. The topological polar surface area (TPSA) is 63.5 Å². The van der Waals surface area contributed by atoms with Gasteiger partial charge in [0.2, 0.25) is 5.91 Å². The lowest BCUT2D eigenvalue weighted by Gasteiger charge is -2.38. The van der Waals surface area contributed by atoms with Gasteiger partial charge >= 0.3 is 0 Å². The van der Waals surface area contributed by atoms with Crippen LogP contribution in [0.3, 0.4) is 0 Å². The van der Waals surface area contributed by atoms with E-state index in [0.717, 1.165) is 51.4 Å². The zero-order valence-electron chi connectivity index (χ0n) is 15.7. The van der Waals surface area contributed by atoms with Crippen LogP contribution in [0.5, 0.6) is 0 Å². The molecule has 140 valence electrons. The number of carbonyl (C=O) groups is 1. The summed E-state index contributed by atoms with van der Waals surface area (Å²) < 4.78 is 0. The van der Waals surface area contributed by atoms with E-state index in [-0.39, 0.29) is 5.91 Å². The lowest BCUT2D eigenvalue weighted by molar-refractivity contribution is -0.135. The van der Waals surface area contributed by atoms with Crippen molar-refractivity contribution in [3.05, 3.63) is 23.9 Å². The fourth-order valence-electron chi connectivity index (χ4n) is 4.17. The third-order valence-electron chi connectivity index (χ3n) is 5.61. The van der Waals surface area contributed by atoms with Gasteiger partial charge in [-0.15, -0.1) is 0 Å². The highest BCUT2D eigenvalue weighted by Crippen LogP contribution is 2.23. The van der Waals surface area contributed by atoms with E-state index in [1.54, 1.807) is 12.3 Å². The van der Waals surface area contributed by atoms with Crippen LogP contribution in [0, 0.1) is 11.3 Å². The second kappa shape index (κ2) is 9.00. The Kier molecular flexibility index (Phi) is 6.45.